The first-order chi connectivity index (χ1) is 10.0. The number of rotatable bonds is 7. The molecular formula is C14H18N4O3. The van der Waals surface area contributed by atoms with Crippen LogP contribution >= 0.6 is 0 Å². The Hall–Kier alpha value is -2.43. The van der Waals surface area contributed by atoms with E-state index in [2.05, 4.69) is 5.32 Å². The molecule has 0 aliphatic rings. The Morgan fingerprint density at radius 1 is 1.48 bits per heavy atom. The minimum atomic E-state index is -0.905. The largest absolute Gasteiger partial charge is 0.368 e. The minimum Gasteiger partial charge on any atom is -0.368 e. The van der Waals surface area contributed by atoms with Crippen LogP contribution in [0.25, 0.3) is 0 Å². The molecule has 21 heavy (non-hydrogen) atoms. The molecule has 0 bridgehead atoms. The maximum Gasteiger partial charge on any atom is 0.274 e. The molecule has 0 heterocycles. The van der Waals surface area contributed by atoms with E-state index in [9.17, 15) is 9.59 Å². The summed E-state index contributed by atoms with van der Waals surface area (Å²) in [4.78, 5) is 23.3. The zero-order valence-corrected chi connectivity index (χ0v) is 11.7. The van der Waals surface area contributed by atoms with E-state index in [0.717, 1.165) is 12.8 Å². The molecular weight excluding hydrogens is 272 g/mol. The molecule has 1 rings (SSSR count). The van der Waals surface area contributed by atoms with E-state index in [1.807, 2.05) is 13.0 Å². The molecule has 1 aromatic rings. The lowest BCUT2D eigenvalue weighted by molar-refractivity contribution is -0.120. The first-order valence-corrected chi connectivity index (χ1v) is 6.56. The number of nitrogens with one attached hydrogen (secondary N) is 2. The highest BCUT2D eigenvalue weighted by atomic mass is 16.5. The summed E-state index contributed by atoms with van der Waals surface area (Å²) in [6, 6.07) is 5.25. The lowest BCUT2D eigenvalue weighted by Gasteiger charge is -2.18. The van der Waals surface area contributed by atoms with Gasteiger partial charge in [-0.15, -0.1) is 0 Å². The average Bonchev–Trinajstić information content (AvgIpc) is 2.50. The van der Waals surface area contributed by atoms with Crippen molar-refractivity contribution in [2.75, 3.05) is 6.54 Å². The van der Waals surface area contributed by atoms with Crippen LogP contribution in [-0.2, 0) is 4.79 Å². The molecule has 7 heteroatoms. The van der Waals surface area contributed by atoms with E-state index < -0.39 is 17.9 Å². The van der Waals surface area contributed by atoms with Gasteiger partial charge in [0.25, 0.3) is 5.91 Å². The maximum atomic E-state index is 11.7. The van der Waals surface area contributed by atoms with Crippen molar-refractivity contribution in [3.8, 4) is 6.07 Å². The molecule has 7 nitrogen and oxygen atoms in total. The van der Waals surface area contributed by atoms with Gasteiger partial charge in [-0.2, -0.15) is 5.26 Å². The van der Waals surface area contributed by atoms with Crippen molar-refractivity contribution in [2.45, 2.75) is 25.8 Å². The van der Waals surface area contributed by atoms with Crippen LogP contribution in [0.15, 0.2) is 18.2 Å². The number of nitrogens with two attached hydrogens (primary N) is 1. The monoisotopic (exact) mass is 290 g/mol. The minimum absolute atomic E-state index is 0.0873. The Balaban J connectivity index is 3.23. The van der Waals surface area contributed by atoms with Crippen molar-refractivity contribution >= 4 is 11.8 Å². The topological polar surface area (TPSA) is 128 Å². The van der Waals surface area contributed by atoms with Crippen molar-refractivity contribution in [1.82, 2.24) is 10.8 Å². The van der Waals surface area contributed by atoms with Crippen molar-refractivity contribution in [3.05, 3.63) is 34.9 Å². The Kier molecular flexibility index (Phi) is 6.33. The normalized spacial score (nSPS) is 11.5. The number of nitrogens with zero attached hydrogens (tertiary/aromatic N) is 1. The van der Waals surface area contributed by atoms with Crippen LogP contribution in [-0.4, -0.2) is 23.6 Å². The highest BCUT2D eigenvalue weighted by molar-refractivity contribution is 5.97. The van der Waals surface area contributed by atoms with Gasteiger partial charge in [-0.05, 0) is 36.7 Å². The molecule has 0 aliphatic carbocycles. The molecule has 0 radical (unpaired) electrons. The summed E-state index contributed by atoms with van der Waals surface area (Å²) in [5, 5.41) is 20.7. The Labute approximate surface area is 122 Å². The zero-order valence-electron chi connectivity index (χ0n) is 11.7. The number of amides is 2. The van der Waals surface area contributed by atoms with Gasteiger partial charge < -0.3 is 11.1 Å². The number of unbranched alkanes of at least 4 members (excludes halogenated alkanes) is 1. The van der Waals surface area contributed by atoms with Crippen LogP contribution in [0.3, 0.4) is 0 Å². The zero-order chi connectivity index (χ0) is 15.8. The smallest absolute Gasteiger partial charge is 0.274 e. The molecule has 0 fully saturated rings. The average molecular weight is 290 g/mol. The van der Waals surface area contributed by atoms with Gasteiger partial charge in [-0.25, -0.2) is 5.48 Å². The molecule has 1 aromatic carbocycles. The third-order valence-electron chi connectivity index (χ3n) is 3.00. The quantitative estimate of drug-likeness (QED) is 0.332. The van der Waals surface area contributed by atoms with Gasteiger partial charge in [0.15, 0.2) is 0 Å². The lowest BCUT2D eigenvalue weighted by Crippen LogP contribution is -2.36. The number of hydrogen-bond acceptors (Lipinski definition) is 5. The van der Waals surface area contributed by atoms with Crippen LogP contribution in [0.4, 0.5) is 0 Å². The molecule has 0 aromatic heterocycles. The molecule has 0 saturated heterocycles. The number of nitriles is 1. The predicted molar refractivity (Wildman–Crippen MR) is 75.3 cm³/mol. The van der Waals surface area contributed by atoms with Gasteiger partial charge in [-0.3, -0.25) is 14.8 Å². The molecule has 2 amide bonds. The fourth-order valence-electron chi connectivity index (χ4n) is 1.93. The van der Waals surface area contributed by atoms with Crippen molar-refractivity contribution in [1.29, 1.82) is 5.26 Å². The number of primary amides is 1. The van der Waals surface area contributed by atoms with E-state index in [-0.39, 0.29) is 11.1 Å². The highest BCUT2D eigenvalue weighted by Crippen LogP contribution is 2.20. The number of hydroxylamine groups is 1. The van der Waals surface area contributed by atoms with Gasteiger partial charge >= 0.3 is 0 Å². The summed E-state index contributed by atoms with van der Waals surface area (Å²) >= 11 is 0. The molecule has 112 valence electrons. The molecule has 5 N–H and O–H groups in total. The van der Waals surface area contributed by atoms with E-state index in [1.54, 1.807) is 0 Å². The number of benzene rings is 1. The summed E-state index contributed by atoms with van der Waals surface area (Å²) in [5.41, 5.74) is 7.54. The predicted octanol–water partition coefficient (Wildman–Crippen LogP) is 0.593. The number of hydrogen-bond donors (Lipinski definition) is 4. The molecule has 1 unspecified atom stereocenters. The third-order valence-corrected chi connectivity index (χ3v) is 3.00. The lowest BCUT2D eigenvalue weighted by atomic mass is 9.96. The van der Waals surface area contributed by atoms with E-state index in [0.29, 0.717) is 12.1 Å². The van der Waals surface area contributed by atoms with Crippen LogP contribution in [0, 0.1) is 11.3 Å². The van der Waals surface area contributed by atoms with Crippen molar-refractivity contribution in [3.63, 3.8) is 0 Å². The van der Waals surface area contributed by atoms with Crippen LogP contribution < -0.4 is 16.5 Å². The molecule has 0 saturated carbocycles. The summed E-state index contributed by atoms with van der Waals surface area (Å²) < 4.78 is 0. The van der Waals surface area contributed by atoms with Gasteiger partial charge in [0, 0.05) is 5.56 Å². The summed E-state index contributed by atoms with van der Waals surface area (Å²) in [6.45, 7) is 2.54. The second kappa shape index (κ2) is 7.99. The summed E-state index contributed by atoms with van der Waals surface area (Å²) in [6.07, 6.45) is 1.77. The standard InChI is InChI=1S/C14H18N4O3/c1-2-3-6-17-12(13(16)19)11-7-9(8-15)4-5-10(11)14(20)18-21/h4-5,7,12,17,21H,2-3,6H2,1H3,(H2,16,19)(H,18,20). The Bertz CT molecular complexity index is 566. The van der Waals surface area contributed by atoms with E-state index >= 15 is 0 Å². The SMILES string of the molecule is CCCCNC(C(N)=O)c1cc(C#N)ccc1C(=O)NO. The molecule has 0 aliphatic heterocycles. The third kappa shape index (κ3) is 4.27. The fourth-order valence-corrected chi connectivity index (χ4v) is 1.93. The summed E-state index contributed by atoms with van der Waals surface area (Å²) in [7, 11) is 0. The molecule has 0 spiro atoms. The van der Waals surface area contributed by atoms with Gasteiger partial charge in [-0.1, -0.05) is 13.3 Å². The Morgan fingerprint density at radius 3 is 2.71 bits per heavy atom. The summed E-state index contributed by atoms with van der Waals surface area (Å²) in [5.74, 6) is -1.42. The first kappa shape index (κ1) is 16.6. The molecule has 1 atom stereocenters. The van der Waals surface area contributed by atoms with Crippen LogP contribution in [0.1, 0.15) is 47.3 Å². The van der Waals surface area contributed by atoms with E-state index in [1.165, 1.54) is 23.7 Å². The van der Waals surface area contributed by atoms with E-state index in [4.69, 9.17) is 16.2 Å². The van der Waals surface area contributed by atoms with Gasteiger partial charge in [0.1, 0.15) is 6.04 Å². The van der Waals surface area contributed by atoms with Crippen molar-refractivity contribution < 1.29 is 14.8 Å². The second-order valence-electron chi connectivity index (χ2n) is 4.50. The number of carbonyl (C=O) groups excluding carboxylic acids is 2. The Morgan fingerprint density at radius 2 is 2.19 bits per heavy atom. The number of carbonyl (C=O) groups is 2. The van der Waals surface area contributed by atoms with Gasteiger partial charge in [0.2, 0.25) is 5.91 Å². The maximum absolute atomic E-state index is 11.7. The van der Waals surface area contributed by atoms with Crippen LogP contribution in [0.5, 0.6) is 0 Å². The second-order valence-corrected chi connectivity index (χ2v) is 4.50. The van der Waals surface area contributed by atoms with Crippen LogP contribution in [0.2, 0.25) is 0 Å². The first-order valence-electron chi connectivity index (χ1n) is 6.56. The van der Waals surface area contributed by atoms with Crippen molar-refractivity contribution in [2.24, 2.45) is 5.73 Å². The fraction of sp³-hybridized carbons (Fsp3) is 0.357. The highest BCUT2D eigenvalue weighted by Gasteiger charge is 2.23. The van der Waals surface area contributed by atoms with Gasteiger partial charge in [0.05, 0.1) is 11.6 Å².